The molecule has 0 radical (unpaired) electrons. The first kappa shape index (κ1) is 55.4. The van der Waals surface area contributed by atoms with E-state index < -0.39 is 6.10 Å². The summed E-state index contributed by atoms with van der Waals surface area (Å²) in [5.41, 5.74) is 0. The van der Waals surface area contributed by atoms with E-state index in [0.717, 1.165) is 109 Å². The number of carbonyl (C=O) groups is 3. The van der Waals surface area contributed by atoms with E-state index >= 15 is 0 Å². The number of carbonyl (C=O) groups excluding carboxylic acids is 3. The maximum atomic E-state index is 12.7. The second-order valence-corrected chi connectivity index (χ2v) is 16.4. The van der Waals surface area contributed by atoms with E-state index in [1.165, 1.54) is 96.3 Å². The van der Waals surface area contributed by atoms with Crippen molar-refractivity contribution >= 4 is 17.9 Å². The first-order valence-electron chi connectivity index (χ1n) is 24.6. The molecule has 0 aliphatic heterocycles. The number of hydrogen-bond donors (Lipinski definition) is 0. The van der Waals surface area contributed by atoms with E-state index in [-0.39, 0.29) is 31.1 Å². The summed E-state index contributed by atoms with van der Waals surface area (Å²) < 4.78 is 16.7. The van der Waals surface area contributed by atoms with Crippen molar-refractivity contribution in [3.05, 3.63) is 48.6 Å². The lowest BCUT2D eigenvalue weighted by atomic mass is 10.0. The number of esters is 3. The SMILES string of the molecule is CCC/C=C\C/C=C\CCCCCCCC(=O)OC(COC(=O)CCCCCCC/C=C\C/C=C\CCCC)COC(=O)CCCCCCCCCCCCCCC. The molecule has 0 spiro atoms. The fraction of sp³-hybridized carbons (Fsp3) is 0.788. The second-order valence-electron chi connectivity index (χ2n) is 16.4. The molecule has 0 bridgehead atoms. The zero-order valence-corrected chi connectivity index (χ0v) is 38.3. The van der Waals surface area contributed by atoms with Gasteiger partial charge in [0.1, 0.15) is 13.2 Å². The highest BCUT2D eigenvalue weighted by atomic mass is 16.6. The molecule has 0 saturated heterocycles. The summed E-state index contributed by atoms with van der Waals surface area (Å²) in [6, 6.07) is 0. The highest BCUT2D eigenvalue weighted by Crippen LogP contribution is 2.15. The van der Waals surface area contributed by atoms with Gasteiger partial charge in [-0.2, -0.15) is 0 Å². The normalized spacial score (nSPS) is 12.4. The molecule has 0 fully saturated rings. The summed E-state index contributed by atoms with van der Waals surface area (Å²) >= 11 is 0. The van der Waals surface area contributed by atoms with Crippen LogP contribution >= 0.6 is 0 Å². The number of ether oxygens (including phenoxy) is 3. The van der Waals surface area contributed by atoms with Gasteiger partial charge in [-0.1, -0.05) is 204 Å². The van der Waals surface area contributed by atoms with E-state index in [1.54, 1.807) is 0 Å². The highest BCUT2D eigenvalue weighted by Gasteiger charge is 2.19. The summed E-state index contributed by atoms with van der Waals surface area (Å²) in [6.45, 7) is 6.51. The van der Waals surface area contributed by atoms with Crippen molar-refractivity contribution in [3.8, 4) is 0 Å². The Balaban J connectivity index is 4.41. The van der Waals surface area contributed by atoms with Crippen LogP contribution in [-0.2, 0) is 28.6 Å². The fourth-order valence-electron chi connectivity index (χ4n) is 6.79. The quantitative estimate of drug-likeness (QED) is 0.0264. The standard InChI is InChI=1S/C52H92O6/c1-4-7-10-13-16-19-22-25-28-30-33-36-39-42-45-51(54)57-48-49(58-52(55)46-43-40-37-34-31-27-24-21-18-15-12-9-6-3)47-56-50(53)44-41-38-35-32-29-26-23-20-17-14-11-8-5-2/h12-13,15-16,21-22,24-25,49H,4-11,14,17-20,23,26-48H2,1-3H3/b15-12-,16-13-,24-21-,25-22-. The number of hydrogen-bond acceptors (Lipinski definition) is 6. The van der Waals surface area contributed by atoms with Crippen LogP contribution in [0.15, 0.2) is 48.6 Å². The minimum Gasteiger partial charge on any atom is -0.462 e. The Hall–Kier alpha value is -2.63. The Morgan fingerprint density at radius 2 is 0.672 bits per heavy atom. The van der Waals surface area contributed by atoms with Crippen molar-refractivity contribution in [1.82, 2.24) is 0 Å². The Morgan fingerprint density at radius 3 is 1.07 bits per heavy atom. The molecule has 0 aromatic rings. The van der Waals surface area contributed by atoms with E-state index in [0.29, 0.717) is 19.3 Å². The van der Waals surface area contributed by atoms with Gasteiger partial charge in [-0.25, -0.2) is 0 Å². The van der Waals surface area contributed by atoms with Crippen molar-refractivity contribution in [2.24, 2.45) is 0 Å². The molecule has 0 heterocycles. The van der Waals surface area contributed by atoms with Gasteiger partial charge in [-0.05, 0) is 70.6 Å². The van der Waals surface area contributed by atoms with Crippen LogP contribution in [0.3, 0.4) is 0 Å². The number of allylic oxidation sites excluding steroid dienone is 8. The summed E-state index contributed by atoms with van der Waals surface area (Å²) in [7, 11) is 0. The molecule has 0 saturated carbocycles. The van der Waals surface area contributed by atoms with E-state index in [2.05, 4.69) is 69.4 Å². The molecular weight excluding hydrogens is 721 g/mol. The van der Waals surface area contributed by atoms with Crippen molar-refractivity contribution in [3.63, 3.8) is 0 Å². The number of rotatable bonds is 44. The second kappa shape index (κ2) is 47.1. The van der Waals surface area contributed by atoms with Crippen LogP contribution in [0.2, 0.25) is 0 Å². The maximum absolute atomic E-state index is 12.7. The molecule has 1 atom stereocenters. The molecule has 58 heavy (non-hydrogen) atoms. The van der Waals surface area contributed by atoms with Crippen LogP contribution < -0.4 is 0 Å². The monoisotopic (exact) mass is 813 g/mol. The lowest BCUT2D eigenvalue weighted by Crippen LogP contribution is -2.30. The van der Waals surface area contributed by atoms with Crippen molar-refractivity contribution in [1.29, 1.82) is 0 Å². The van der Waals surface area contributed by atoms with Crippen LogP contribution in [0.5, 0.6) is 0 Å². The predicted octanol–water partition coefficient (Wildman–Crippen LogP) is 15.9. The first-order chi connectivity index (χ1) is 28.5. The van der Waals surface area contributed by atoms with Crippen molar-refractivity contribution < 1.29 is 28.6 Å². The lowest BCUT2D eigenvalue weighted by molar-refractivity contribution is -0.167. The van der Waals surface area contributed by atoms with Crippen LogP contribution in [0.25, 0.3) is 0 Å². The largest absolute Gasteiger partial charge is 0.462 e. The Morgan fingerprint density at radius 1 is 0.345 bits per heavy atom. The third kappa shape index (κ3) is 44.5. The highest BCUT2D eigenvalue weighted by molar-refractivity contribution is 5.71. The van der Waals surface area contributed by atoms with Gasteiger partial charge in [0.25, 0.3) is 0 Å². The minimum atomic E-state index is -0.782. The third-order valence-corrected chi connectivity index (χ3v) is 10.5. The van der Waals surface area contributed by atoms with Gasteiger partial charge in [0.2, 0.25) is 0 Å². The summed E-state index contributed by atoms with van der Waals surface area (Å²) in [6.07, 6.45) is 55.1. The Kier molecular flexibility index (Phi) is 44.9. The van der Waals surface area contributed by atoms with Gasteiger partial charge in [0, 0.05) is 19.3 Å². The first-order valence-corrected chi connectivity index (χ1v) is 24.6. The molecule has 0 aromatic heterocycles. The minimum absolute atomic E-state index is 0.0815. The van der Waals surface area contributed by atoms with E-state index in [4.69, 9.17) is 14.2 Å². The van der Waals surface area contributed by atoms with Crippen molar-refractivity contribution in [2.75, 3.05) is 13.2 Å². The molecule has 6 heteroatoms. The predicted molar refractivity (Wildman–Crippen MR) is 247 cm³/mol. The zero-order chi connectivity index (χ0) is 42.3. The summed E-state index contributed by atoms with van der Waals surface area (Å²) in [4.78, 5) is 37.9. The van der Waals surface area contributed by atoms with E-state index in [9.17, 15) is 14.4 Å². The molecule has 0 rings (SSSR count). The maximum Gasteiger partial charge on any atom is 0.306 e. The molecule has 0 aliphatic rings. The average Bonchev–Trinajstić information content (AvgIpc) is 3.22. The van der Waals surface area contributed by atoms with Crippen LogP contribution in [0, 0.1) is 0 Å². The fourth-order valence-corrected chi connectivity index (χ4v) is 6.79. The van der Waals surface area contributed by atoms with Crippen LogP contribution in [-0.4, -0.2) is 37.2 Å². The topological polar surface area (TPSA) is 78.9 Å². The Bertz CT molecular complexity index is 1030. The summed E-state index contributed by atoms with van der Waals surface area (Å²) in [5, 5.41) is 0. The molecule has 336 valence electrons. The van der Waals surface area contributed by atoms with Gasteiger partial charge in [0.15, 0.2) is 6.10 Å². The molecule has 1 unspecified atom stereocenters. The van der Waals surface area contributed by atoms with Gasteiger partial charge in [0.05, 0.1) is 0 Å². The van der Waals surface area contributed by atoms with Gasteiger partial charge < -0.3 is 14.2 Å². The smallest absolute Gasteiger partial charge is 0.306 e. The molecule has 0 amide bonds. The van der Waals surface area contributed by atoms with Gasteiger partial charge >= 0.3 is 17.9 Å². The average molecular weight is 813 g/mol. The number of unbranched alkanes of at least 4 members (excludes halogenated alkanes) is 25. The molecular formula is C52H92O6. The molecule has 6 nitrogen and oxygen atoms in total. The third-order valence-electron chi connectivity index (χ3n) is 10.5. The van der Waals surface area contributed by atoms with Gasteiger partial charge in [-0.3, -0.25) is 14.4 Å². The van der Waals surface area contributed by atoms with Crippen LogP contribution in [0.4, 0.5) is 0 Å². The summed E-state index contributed by atoms with van der Waals surface area (Å²) in [5.74, 6) is -0.906. The van der Waals surface area contributed by atoms with Crippen molar-refractivity contribution in [2.45, 2.75) is 252 Å². The Labute approximate surface area is 358 Å². The lowest BCUT2D eigenvalue weighted by Gasteiger charge is -2.18. The van der Waals surface area contributed by atoms with Crippen LogP contribution in [0.1, 0.15) is 245 Å². The molecule has 0 aromatic carbocycles. The van der Waals surface area contributed by atoms with E-state index in [1.807, 2.05) is 0 Å². The van der Waals surface area contributed by atoms with Gasteiger partial charge in [-0.15, -0.1) is 0 Å². The molecule has 0 aliphatic carbocycles. The zero-order valence-electron chi connectivity index (χ0n) is 38.3. The molecule has 0 N–H and O–H groups in total.